The van der Waals surface area contributed by atoms with Crippen LogP contribution in [0.25, 0.3) is 0 Å². The number of urea groups is 1. The van der Waals surface area contributed by atoms with E-state index in [1.165, 1.54) is 0 Å². The second-order valence-electron chi connectivity index (χ2n) is 6.73. The SMILES string of the molecule is Cc1ncc(NC(=O)N2C[C@H](C)N(c3ccc(C#N)c(Cl)c3)C[C@H]2C)cn1. The summed E-state index contributed by atoms with van der Waals surface area (Å²) in [5.41, 5.74) is 1.98. The highest BCUT2D eigenvalue weighted by Crippen LogP contribution is 2.28. The van der Waals surface area contributed by atoms with Gasteiger partial charge in [-0.3, -0.25) is 0 Å². The number of benzene rings is 1. The Morgan fingerprint density at radius 2 is 1.96 bits per heavy atom. The molecule has 1 saturated heterocycles. The third-order valence-electron chi connectivity index (χ3n) is 4.68. The van der Waals surface area contributed by atoms with Gasteiger partial charge in [0.25, 0.3) is 0 Å². The fourth-order valence-electron chi connectivity index (χ4n) is 3.20. The Bertz CT molecular complexity index is 879. The molecule has 0 unspecified atom stereocenters. The number of nitrogens with one attached hydrogen (secondary N) is 1. The predicted molar refractivity (Wildman–Crippen MR) is 105 cm³/mol. The molecule has 8 heteroatoms. The summed E-state index contributed by atoms with van der Waals surface area (Å²) < 4.78 is 0. The Hall–Kier alpha value is -2.85. The third kappa shape index (κ3) is 4.12. The van der Waals surface area contributed by atoms with Crippen LogP contribution in [0.3, 0.4) is 0 Å². The summed E-state index contributed by atoms with van der Waals surface area (Å²) in [4.78, 5) is 24.9. The molecule has 2 atom stereocenters. The smallest absolute Gasteiger partial charge is 0.322 e. The van der Waals surface area contributed by atoms with Gasteiger partial charge in [-0.1, -0.05) is 11.6 Å². The van der Waals surface area contributed by atoms with Crippen molar-refractivity contribution in [2.24, 2.45) is 0 Å². The van der Waals surface area contributed by atoms with E-state index in [-0.39, 0.29) is 18.1 Å². The van der Waals surface area contributed by atoms with E-state index < -0.39 is 0 Å². The zero-order valence-electron chi connectivity index (χ0n) is 15.5. The van der Waals surface area contributed by atoms with Crippen molar-refractivity contribution >= 4 is 29.0 Å². The van der Waals surface area contributed by atoms with Gasteiger partial charge in [0.05, 0.1) is 28.7 Å². The summed E-state index contributed by atoms with van der Waals surface area (Å²) in [7, 11) is 0. The van der Waals surface area contributed by atoms with Crippen LogP contribution in [-0.4, -0.2) is 46.1 Å². The molecule has 140 valence electrons. The number of halogens is 1. The van der Waals surface area contributed by atoms with Gasteiger partial charge in [-0.15, -0.1) is 0 Å². The molecule has 2 heterocycles. The minimum Gasteiger partial charge on any atom is -0.365 e. The number of rotatable bonds is 2. The van der Waals surface area contributed by atoms with Crippen LogP contribution in [0.5, 0.6) is 0 Å². The molecule has 1 aliphatic heterocycles. The number of carbonyl (C=O) groups excluding carboxylic acids is 1. The number of carbonyl (C=O) groups is 1. The molecule has 2 aromatic rings. The quantitative estimate of drug-likeness (QED) is 0.857. The number of amides is 2. The van der Waals surface area contributed by atoms with Crippen LogP contribution in [0.2, 0.25) is 5.02 Å². The second-order valence-corrected chi connectivity index (χ2v) is 7.14. The van der Waals surface area contributed by atoms with E-state index >= 15 is 0 Å². The number of nitrogens with zero attached hydrogens (tertiary/aromatic N) is 5. The average molecular weight is 385 g/mol. The Morgan fingerprint density at radius 1 is 1.26 bits per heavy atom. The minimum absolute atomic E-state index is 0.00184. The first-order valence-corrected chi connectivity index (χ1v) is 9.09. The summed E-state index contributed by atoms with van der Waals surface area (Å²) in [6.45, 7) is 7.10. The maximum atomic E-state index is 12.7. The molecule has 3 rings (SSSR count). The van der Waals surface area contributed by atoms with Gasteiger partial charge in [0.2, 0.25) is 0 Å². The molecule has 0 radical (unpaired) electrons. The molecular formula is C19H21ClN6O. The fraction of sp³-hybridized carbons (Fsp3) is 0.368. The molecule has 1 aliphatic rings. The van der Waals surface area contributed by atoms with Gasteiger partial charge in [-0.05, 0) is 39.0 Å². The van der Waals surface area contributed by atoms with Crippen LogP contribution in [-0.2, 0) is 0 Å². The van der Waals surface area contributed by atoms with Crippen molar-refractivity contribution in [1.82, 2.24) is 14.9 Å². The first-order chi connectivity index (χ1) is 12.9. The monoisotopic (exact) mass is 384 g/mol. The molecule has 1 N–H and O–H groups in total. The van der Waals surface area contributed by atoms with E-state index in [2.05, 4.69) is 33.2 Å². The van der Waals surface area contributed by atoms with Crippen molar-refractivity contribution < 1.29 is 4.79 Å². The first-order valence-electron chi connectivity index (χ1n) is 8.71. The van der Waals surface area contributed by atoms with Gasteiger partial charge in [0.1, 0.15) is 11.9 Å². The second kappa shape index (κ2) is 7.80. The molecular weight excluding hydrogens is 364 g/mol. The van der Waals surface area contributed by atoms with Gasteiger partial charge in [-0.2, -0.15) is 5.26 Å². The highest BCUT2D eigenvalue weighted by molar-refractivity contribution is 6.32. The minimum atomic E-state index is -0.167. The topological polar surface area (TPSA) is 85.2 Å². The summed E-state index contributed by atoms with van der Waals surface area (Å²) in [6, 6.07) is 7.44. The van der Waals surface area contributed by atoms with E-state index in [0.717, 1.165) is 5.69 Å². The number of aromatic nitrogens is 2. The van der Waals surface area contributed by atoms with Gasteiger partial charge < -0.3 is 15.1 Å². The lowest BCUT2D eigenvalue weighted by Gasteiger charge is -2.45. The van der Waals surface area contributed by atoms with Gasteiger partial charge >= 0.3 is 6.03 Å². The predicted octanol–water partition coefficient (Wildman–Crippen LogP) is 3.44. The van der Waals surface area contributed by atoms with Crippen molar-refractivity contribution in [3.8, 4) is 6.07 Å². The number of anilines is 2. The van der Waals surface area contributed by atoms with Crippen molar-refractivity contribution in [3.05, 3.63) is 47.0 Å². The summed E-state index contributed by atoms with van der Waals surface area (Å²) in [6.07, 6.45) is 3.20. The average Bonchev–Trinajstić information content (AvgIpc) is 2.65. The summed E-state index contributed by atoms with van der Waals surface area (Å²) >= 11 is 6.18. The van der Waals surface area contributed by atoms with Gasteiger partial charge in [-0.25, -0.2) is 14.8 Å². The van der Waals surface area contributed by atoms with Crippen LogP contribution in [0, 0.1) is 18.3 Å². The van der Waals surface area contributed by atoms with Crippen LogP contribution in [0.4, 0.5) is 16.2 Å². The molecule has 7 nitrogen and oxygen atoms in total. The number of nitriles is 1. The molecule has 0 spiro atoms. The van der Waals surface area contributed by atoms with Crippen LogP contribution in [0.15, 0.2) is 30.6 Å². The van der Waals surface area contributed by atoms with Crippen LogP contribution in [0.1, 0.15) is 25.2 Å². The molecule has 1 aromatic carbocycles. The van der Waals surface area contributed by atoms with Gasteiger partial charge in [0, 0.05) is 30.9 Å². The molecule has 27 heavy (non-hydrogen) atoms. The Balaban J connectivity index is 1.71. The van der Waals surface area contributed by atoms with E-state index in [0.29, 0.717) is 35.2 Å². The Labute approximate surface area is 163 Å². The molecule has 1 fully saturated rings. The van der Waals surface area contributed by atoms with Crippen LogP contribution >= 0.6 is 11.6 Å². The fourth-order valence-corrected chi connectivity index (χ4v) is 3.41. The Kier molecular flexibility index (Phi) is 5.47. The zero-order chi connectivity index (χ0) is 19.6. The third-order valence-corrected chi connectivity index (χ3v) is 5.00. The van der Waals surface area contributed by atoms with E-state index in [9.17, 15) is 4.79 Å². The number of hydrogen-bond donors (Lipinski definition) is 1. The lowest BCUT2D eigenvalue weighted by molar-refractivity contribution is 0.173. The van der Waals surface area contributed by atoms with E-state index in [1.54, 1.807) is 25.4 Å². The largest absolute Gasteiger partial charge is 0.365 e. The van der Waals surface area contributed by atoms with E-state index in [4.69, 9.17) is 16.9 Å². The highest BCUT2D eigenvalue weighted by Gasteiger charge is 2.32. The highest BCUT2D eigenvalue weighted by atomic mass is 35.5. The molecule has 1 aromatic heterocycles. The van der Waals surface area contributed by atoms with Crippen molar-refractivity contribution in [1.29, 1.82) is 5.26 Å². The van der Waals surface area contributed by atoms with Crippen molar-refractivity contribution in [3.63, 3.8) is 0 Å². The van der Waals surface area contributed by atoms with Crippen molar-refractivity contribution in [2.45, 2.75) is 32.9 Å². The molecule has 0 aliphatic carbocycles. The number of hydrogen-bond acceptors (Lipinski definition) is 5. The number of aryl methyl sites for hydroxylation is 1. The van der Waals surface area contributed by atoms with Gasteiger partial charge in [0.15, 0.2) is 0 Å². The normalized spacial score (nSPS) is 19.5. The standard InChI is InChI=1S/C19H21ClN6O/c1-12-11-26(19(27)24-16-8-22-14(3)23-9-16)13(2)10-25(12)17-5-4-15(7-21)18(20)6-17/h4-6,8-9,12-13H,10-11H2,1-3H3,(H,24,27)/t12-,13+/m0/s1. The molecule has 0 bridgehead atoms. The molecule has 0 saturated carbocycles. The van der Waals surface area contributed by atoms with Crippen LogP contribution < -0.4 is 10.2 Å². The Morgan fingerprint density at radius 3 is 2.59 bits per heavy atom. The maximum absolute atomic E-state index is 12.7. The summed E-state index contributed by atoms with van der Waals surface area (Å²) in [5.74, 6) is 0.657. The summed E-state index contributed by atoms with van der Waals surface area (Å²) in [5, 5.41) is 12.3. The zero-order valence-corrected chi connectivity index (χ0v) is 16.2. The molecule has 2 amide bonds. The first kappa shape index (κ1) is 18.9. The lowest BCUT2D eigenvalue weighted by atomic mass is 10.1. The number of piperazine rings is 1. The maximum Gasteiger partial charge on any atom is 0.322 e. The van der Waals surface area contributed by atoms with E-state index in [1.807, 2.05) is 24.0 Å². The van der Waals surface area contributed by atoms with Crippen molar-refractivity contribution in [2.75, 3.05) is 23.3 Å². The lowest BCUT2D eigenvalue weighted by Crippen LogP contribution is -2.59.